The number of piperidine rings is 1. The second kappa shape index (κ2) is 7.32. The molecule has 0 aliphatic carbocycles. The average molecular weight is 316 g/mol. The van der Waals surface area contributed by atoms with E-state index in [0.29, 0.717) is 23.8 Å². The van der Waals surface area contributed by atoms with Crippen molar-refractivity contribution in [3.8, 4) is 6.07 Å². The molecule has 0 radical (unpaired) electrons. The first-order valence-electron chi connectivity index (χ1n) is 7.95. The highest BCUT2D eigenvalue weighted by atomic mass is 16.6. The number of hydrogen-bond acceptors (Lipinski definition) is 5. The lowest BCUT2D eigenvalue weighted by atomic mass is 9.98. The molecular weight excluding hydrogens is 292 g/mol. The third-order valence-electron chi connectivity index (χ3n) is 3.63. The Bertz CT molecular complexity index is 589. The second-order valence-corrected chi connectivity index (χ2v) is 6.86. The first-order valence-corrected chi connectivity index (χ1v) is 7.95. The molecule has 6 heteroatoms. The molecular formula is C17H24N4O2. The smallest absolute Gasteiger partial charge is 0.410 e. The number of pyridine rings is 1. The van der Waals surface area contributed by atoms with E-state index in [1.807, 2.05) is 20.8 Å². The minimum absolute atomic E-state index is 0.244. The van der Waals surface area contributed by atoms with Gasteiger partial charge in [0.15, 0.2) is 0 Å². The fourth-order valence-corrected chi connectivity index (χ4v) is 2.57. The summed E-state index contributed by atoms with van der Waals surface area (Å²) in [6.45, 7) is 7.78. The Hall–Kier alpha value is -2.29. The molecule has 1 aliphatic rings. The van der Waals surface area contributed by atoms with Gasteiger partial charge in [0.25, 0.3) is 0 Å². The molecule has 1 saturated heterocycles. The molecule has 0 spiro atoms. The summed E-state index contributed by atoms with van der Waals surface area (Å²) < 4.78 is 5.44. The van der Waals surface area contributed by atoms with E-state index < -0.39 is 5.60 Å². The predicted molar refractivity (Wildman–Crippen MR) is 88.0 cm³/mol. The Morgan fingerprint density at radius 3 is 3.04 bits per heavy atom. The van der Waals surface area contributed by atoms with Crippen molar-refractivity contribution in [2.75, 3.05) is 25.0 Å². The molecule has 0 unspecified atom stereocenters. The van der Waals surface area contributed by atoms with Gasteiger partial charge in [0.1, 0.15) is 11.4 Å². The molecule has 124 valence electrons. The van der Waals surface area contributed by atoms with Crippen LogP contribution in [-0.4, -0.2) is 41.2 Å². The van der Waals surface area contributed by atoms with Gasteiger partial charge in [-0.3, -0.25) is 0 Å². The van der Waals surface area contributed by atoms with Gasteiger partial charge >= 0.3 is 6.09 Å². The summed E-state index contributed by atoms with van der Waals surface area (Å²) in [4.78, 5) is 18.1. The standard InChI is InChI=1S/C17H24N4O2/c1-17(2,3)23-16(22)21-8-4-5-14(12-21)11-20-15-9-13(10-18)6-7-19-15/h6-7,9,14H,4-5,8,11-12H2,1-3H3,(H,19,20)/t14-/m1/s1. The van der Waals surface area contributed by atoms with Gasteiger partial charge in [-0.05, 0) is 51.7 Å². The summed E-state index contributed by atoms with van der Waals surface area (Å²) in [5.41, 5.74) is 0.116. The van der Waals surface area contributed by atoms with Crippen LogP contribution in [0.3, 0.4) is 0 Å². The number of nitrogens with one attached hydrogen (secondary N) is 1. The molecule has 1 aliphatic heterocycles. The molecule has 2 heterocycles. The normalized spacial score (nSPS) is 18.2. The maximum atomic E-state index is 12.2. The van der Waals surface area contributed by atoms with Crippen LogP contribution in [0, 0.1) is 17.2 Å². The van der Waals surface area contributed by atoms with Crippen molar-refractivity contribution in [3.05, 3.63) is 23.9 Å². The van der Waals surface area contributed by atoms with Gasteiger partial charge in [0, 0.05) is 25.8 Å². The molecule has 0 aromatic carbocycles. The molecule has 0 bridgehead atoms. The lowest BCUT2D eigenvalue weighted by Gasteiger charge is -2.34. The lowest BCUT2D eigenvalue weighted by Crippen LogP contribution is -2.44. The maximum Gasteiger partial charge on any atom is 0.410 e. The molecule has 1 aromatic heterocycles. The third-order valence-corrected chi connectivity index (χ3v) is 3.63. The molecule has 1 atom stereocenters. The van der Waals surface area contributed by atoms with Crippen molar-refractivity contribution >= 4 is 11.9 Å². The number of likely N-dealkylation sites (tertiary alicyclic amines) is 1. The lowest BCUT2D eigenvalue weighted by molar-refractivity contribution is 0.0172. The largest absolute Gasteiger partial charge is 0.444 e. The molecule has 2 rings (SSSR count). The van der Waals surface area contributed by atoms with Crippen molar-refractivity contribution < 1.29 is 9.53 Å². The van der Waals surface area contributed by atoms with Crippen molar-refractivity contribution in [2.45, 2.75) is 39.2 Å². The highest BCUT2D eigenvalue weighted by Crippen LogP contribution is 2.20. The predicted octanol–water partition coefficient (Wildman–Crippen LogP) is 3.01. The average Bonchev–Trinajstić information content (AvgIpc) is 2.52. The maximum absolute atomic E-state index is 12.2. The molecule has 1 aromatic rings. The third kappa shape index (κ3) is 5.44. The molecule has 1 fully saturated rings. The number of rotatable bonds is 3. The van der Waals surface area contributed by atoms with E-state index >= 15 is 0 Å². The quantitative estimate of drug-likeness (QED) is 0.927. The number of amides is 1. The van der Waals surface area contributed by atoms with Crippen LogP contribution in [-0.2, 0) is 4.74 Å². The molecule has 0 saturated carbocycles. The van der Waals surface area contributed by atoms with Crippen LogP contribution in [0.2, 0.25) is 0 Å². The first kappa shape index (κ1) is 17.1. The van der Waals surface area contributed by atoms with Crippen molar-refractivity contribution in [1.29, 1.82) is 5.26 Å². The Labute approximate surface area is 137 Å². The minimum atomic E-state index is -0.468. The van der Waals surface area contributed by atoms with Gasteiger partial charge in [-0.15, -0.1) is 0 Å². The highest BCUT2D eigenvalue weighted by molar-refractivity contribution is 5.68. The van der Waals surface area contributed by atoms with Gasteiger partial charge in [0.2, 0.25) is 0 Å². The van der Waals surface area contributed by atoms with Crippen molar-refractivity contribution in [1.82, 2.24) is 9.88 Å². The van der Waals surface area contributed by atoms with Gasteiger partial charge in [0.05, 0.1) is 11.6 Å². The number of ether oxygens (including phenoxy) is 1. The summed E-state index contributed by atoms with van der Waals surface area (Å²) in [7, 11) is 0. The van der Waals surface area contributed by atoms with Gasteiger partial charge in [-0.1, -0.05) is 0 Å². The Morgan fingerprint density at radius 1 is 1.57 bits per heavy atom. The number of anilines is 1. The summed E-state index contributed by atoms with van der Waals surface area (Å²) >= 11 is 0. The van der Waals surface area contributed by atoms with E-state index in [4.69, 9.17) is 10.00 Å². The summed E-state index contributed by atoms with van der Waals surface area (Å²) in [5.74, 6) is 1.04. The monoisotopic (exact) mass is 316 g/mol. The van der Waals surface area contributed by atoms with Gasteiger partial charge in [-0.2, -0.15) is 5.26 Å². The number of nitriles is 1. The van der Waals surface area contributed by atoms with Crippen LogP contribution in [0.4, 0.5) is 10.6 Å². The Morgan fingerprint density at radius 2 is 2.35 bits per heavy atom. The summed E-state index contributed by atoms with van der Waals surface area (Å²) in [5, 5.41) is 12.2. The van der Waals surface area contributed by atoms with E-state index in [2.05, 4.69) is 16.4 Å². The van der Waals surface area contributed by atoms with E-state index in [1.165, 1.54) is 0 Å². The molecule has 1 amide bonds. The fourth-order valence-electron chi connectivity index (χ4n) is 2.57. The van der Waals surface area contributed by atoms with E-state index in [1.54, 1.807) is 23.2 Å². The topological polar surface area (TPSA) is 78.2 Å². The fraction of sp³-hybridized carbons (Fsp3) is 0.588. The Kier molecular flexibility index (Phi) is 5.43. The number of aromatic nitrogens is 1. The van der Waals surface area contributed by atoms with Crippen LogP contribution in [0.25, 0.3) is 0 Å². The summed E-state index contributed by atoms with van der Waals surface area (Å²) in [6.07, 6.45) is 3.41. The number of carbonyl (C=O) groups excluding carboxylic acids is 1. The molecule has 1 N–H and O–H groups in total. The van der Waals surface area contributed by atoms with Crippen molar-refractivity contribution in [3.63, 3.8) is 0 Å². The van der Waals surface area contributed by atoms with E-state index in [-0.39, 0.29) is 6.09 Å². The van der Waals surface area contributed by atoms with Crippen LogP contribution < -0.4 is 5.32 Å². The zero-order chi connectivity index (χ0) is 16.9. The summed E-state index contributed by atoms with van der Waals surface area (Å²) in [6, 6.07) is 5.51. The van der Waals surface area contributed by atoms with Crippen LogP contribution in [0.5, 0.6) is 0 Å². The van der Waals surface area contributed by atoms with Crippen LogP contribution >= 0.6 is 0 Å². The van der Waals surface area contributed by atoms with Crippen molar-refractivity contribution in [2.24, 2.45) is 5.92 Å². The van der Waals surface area contributed by atoms with E-state index in [9.17, 15) is 4.79 Å². The molecule has 6 nitrogen and oxygen atoms in total. The zero-order valence-corrected chi connectivity index (χ0v) is 14.0. The number of nitrogens with zero attached hydrogens (tertiary/aromatic N) is 3. The van der Waals surface area contributed by atoms with Gasteiger partial charge < -0.3 is 15.0 Å². The van der Waals surface area contributed by atoms with Crippen LogP contribution in [0.1, 0.15) is 39.2 Å². The number of hydrogen-bond donors (Lipinski definition) is 1. The highest BCUT2D eigenvalue weighted by Gasteiger charge is 2.27. The Balaban J connectivity index is 1.86. The second-order valence-electron chi connectivity index (χ2n) is 6.86. The first-order chi connectivity index (χ1) is 10.9. The number of carbonyl (C=O) groups is 1. The minimum Gasteiger partial charge on any atom is -0.444 e. The SMILES string of the molecule is CC(C)(C)OC(=O)N1CCC[C@H](CNc2cc(C#N)ccn2)C1. The van der Waals surface area contributed by atoms with E-state index in [0.717, 1.165) is 25.9 Å². The molecule has 23 heavy (non-hydrogen) atoms. The zero-order valence-electron chi connectivity index (χ0n) is 14.0. The van der Waals surface area contributed by atoms with Gasteiger partial charge in [-0.25, -0.2) is 9.78 Å². The van der Waals surface area contributed by atoms with Crippen LogP contribution in [0.15, 0.2) is 18.3 Å².